The summed E-state index contributed by atoms with van der Waals surface area (Å²) in [6, 6.07) is 19.4. The summed E-state index contributed by atoms with van der Waals surface area (Å²) in [6.07, 6.45) is 0. The molecule has 1 unspecified atom stereocenters. The molecular formula is C28H21N3O5S2. The Morgan fingerprint density at radius 3 is 2.58 bits per heavy atom. The Hall–Kier alpha value is -4.15. The number of hydrogen-bond acceptors (Lipinski definition) is 9. The number of hydrogen-bond donors (Lipinski definition) is 1. The van der Waals surface area contributed by atoms with Gasteiger partial charge in [0.25, 0.3) is 5.91 Å². The van der Waals surface area contributed by atoms with Crippen LogP contribution in [0.5, 0.6) is 0 Å². The fourth-order valence-electron chi connectivity index (χ4n) is 4.32. The molecule has 3 aromatic heterocycles. The highest BCUT2D eigenvalue weighted by Gasteiger charge is 2.48. The van der Waals surface area contributed by atoms with Gasteiger partial charge in [0, 0.05) is 11.1 Å². The van der Waals surface area contributed by atoms with E-state index in [1.54, 1.807) is 37.3 Å². The van der Waals surface area contributed by atoms with Gasteiger partial charge in [-0.15, -0.1) is 10.2 Å². The molecule has 1 N–H and O–H groups in total. The van der Waals surface area contributed by atoms with E-state index in [1.807, 2.05) is 19.1 Å². The zero-order valence-electron chi connectivity index (χ0n) is 20.4. The Labute approximate surface area is 225 Å². The van der Waals surface area contributed by atoms with Crippen LogP contribution in [-0.2, 0) is 10.5 Å². The number of amides is 1. The molecule has 38 heavy (non-hydrogen) atoms. The molecule has 5 aromatic rings. The number of ketones is 1. The van der Waals surface area contributed by atoms with Crippen molar-refractivity contribution in [3.05, 3.63) is 106 Å². The van der Waals surface area contributed by atoms with Gasteiger partial charge in [0.05, 0.1) is 5.57 Å². The second kappa shape index (κ2) is 9.62. The summed E-state index contributed by atoms with van der Waals surface area (Å²) < 4.78 is 12.3. The summed E-state index contributed by atoms with van der Waals surface area (Å²) >= 11 is 2.70. The van der Waals surface area contributed by atoms with Crippen molar-refractivity contribution in [1.82, 2.24) is 10.2 Å². The maximum Gasteiger partial charge on any atom is 0.296 e. The third-order valence-corrected chi connectivity index (χ3v) is 8.34. The minimum absolute atomic E-state index is 0.0160. The van der Waals surface area contributed by atoms with Crippen molar-refractivity contribution in [2.75, 3.05) is 4.90 Å². The molecule has 1 atom stereocenters. The van der Waals surface area contributed by atoms with Crippen LogP contribution in [0.4, 0.5) is 5.13 Å². The van der Waals surface area contributed by atoms with E-state index in [9.17, 15) is 14.7 Å². The quantitative estimate of drug-likeness (QED) is 0.139. The second-order valence-electron chi connectivity index (χ2n) is 8.89. The number of anilines is 1. The average Bonchev–Trinajstić information content (AvgIpc) is 3.70. The molecular weight excluding hydrogens is 522 g/mol. The zero-order valence-corrected chi connectivity index (χ0v) is 22.0. The van der Waals surface area contributed by atoms with Gasteiger partial charge in [0.15, 0.2) is 15.9 Å². The van der Waals surface area contributed by atoms with E-state index in [4.69, 9.17) is 8.83 Å². The molecule has 0 spiro atoms. The standard InChI is InChI=1S/C28H21N3O5S2/c1-15-7-10-17(11-8-15)14-37-28-30-29-27(38-28)31-23(20-12-9-16(2)35-20)22(25(33)26(31)34)24(32)21-13-18-5-3-4-6-19(18)36-21/h3-13,23,33H,14H2,1-2H3. The lowest BCUT2D eigenvalue weighted by Crippen LogP contribution is -2.30. The van der Waals surface area contributed by atoms with Crippen molar-refractivity contribution in [3.63, 3.8) is 0 Å². The summed E-state index contributed by atoms with van der Waals surface area (Å²) in [6.45, 7) is 3.80. The number of aryl methyl sites for hydroxylation is 2. The van der Waals surface area contributed by atoms with Crippen LogP contribution in [0, 0.1) is 13.8 Å². The van der Waals surface area contributed by atoms with Crippen molar-refractivity contribution in [2.24, 2.45) is 0 Å². The lowest BCUT2D eigenvalue weighted by Gasteiger charge is -2.21. The smallest absolute Gasteiger partial charge is 0.296 e. The predicted molar refractivity (Wildman–Crippen MR) is 145 cm³/mol. The highest BCUT2D eigenvalue weighted by Crippen LogP contribution is 2.44. The Morgan fingerprint density at radius 2 is 1.84 bits per heavy atom. The number of carbonyl (C=O) groups is 2. The average molecular weight is 544 g/mol. The first-order valence-corrected chi connectivity index (χ1v) is 13.6. The third kappa shape index (κ3) is 4.31. The molecule has 10 heteroatoms. The molecule has 0 bridgehead atoms. The molecule has 0 radical (unpaired) electrons. The summed E-state index contributed by atoms with van der Waals surface area (Å²) in [5.74, 6) is -0.407. The van der Waals surface area contributed by atoms with Gasteiger partial charge in [-0.1, -0.05) is 71.1 Å². The van der Waals surface area contributed by atoms with Crippen molar-refractivity contribution >= 4 is 50.9 Å². The van der Waals surface area contributed by atoms with Gasteiger partial charge >= 0.3 is 0 Å². The molecule has 6 rings (SSSR count). The van der Waals surface area contributed by atoms with E-state index < -0.39 is 23.5 Å². The number of para-hydroxylation sites is 1. The maximum atomic E-state index is 13.7. The molecule has 4 heterocycles. The fraction of sp³-hybridized carbons (Fsp3) is 0.143. The SMILES string of the molecule is Cc1ccc(CSc2nnc(N3C(=O)C(O)=C(C(=O)c4cc5ccccc5o4)C3c3ccc(C)o3)s2)cc1. The number of benzene rings is 2. The van der Waals surface area contributed by atoms with E-state index in [-0.39, 0.29) is 16.5 Å². The number of aromatic nitrogens is 2. The number of carbonyl (C=O) groups excluding carboxylic acids is 2. The highest BCUT2D eigenvalue weighted by molar-refractivity contribution is 8.00. The summed E-state index contributed by atoms with van der Waals surface area (Å²) in [5, 5.41) is 20.4. The monoisotopic (exact) mass is 543 g/mol. The van der Waals surface area contributed by atoms with E-state index >= 15 is 0 Å². The maximum absolute atomic E-state index is 13.7. The number of nitrogens with zero attached hydrogens (tertiary/aromatic N) is 3. The molecule has 0 saturated carbocycles. The molecule has 0 saturated heterocycles. The lowest BCUT2D eigenvalue weighted by atomic mass is 10.00. The van der Waals surface area contributed by atoms with E-state index in [0.717, 1.165) is 10.9 Å². The molecule has 1 aliphatic rings. The van der Waals surface area contributed by atoms with Gasteiger partial charge in [0.2, 0.25) is 10.9 Å². The molecule has 190 valence electrons. The van der Waals surface area contributed by atoms with Crippen LogP contribution in [0.3, 0.4) is 0 Å². The normalized spacial score (nSPS) is 15.7. The van der Waals surface area contributed by atoms with E-state index in [2.05, 4.69) is 34.5 Å². The Kier molecular flexibility index (Phi) is 6.13. The Morgan fingerprint density at radius 1 is 1.05 bits per heavy atom. The predicted octanol–water partition coefficient (Wildman–Crippen LogP) is 6.57. The van der Waals surface area contributed by atoms with Crippen LogP contribution >= 0.6 is 23.1 Å². The van der Waals surface area contributed by atoms with Gasteiger partial charge in [0.1, 0.15) is 23.1 Å². The van der Waals surface area contributed by atoms with Crippen LogP contribution in [0.1, 0.15) is 39.2 Å². The topological polar surface area (TPSA) is 110 Å². The van der Waals surface area contributed by atoms with E-state index in [1.165, 1.54) is 33.6 Å². The fourth-order valence-corrected chi connectivity index (χ4v) is 6.14. The molecule has 0 fully saturated rings. The lowest BCUT2D eigenvalue weighted by molar-refractivity contribution is -0.117. The van der Waals surface area contributed by atoms with E-state index in [0.29, 0.717) is 27.2 Å². The molecule has 0 aliphatic carbocycles. The summed E-state index contributed by atoms with van der Waals surface area (Å²) in [7, 11) is 0. The minimum Gasteiger partial charge on any atom is -0.503 e. The van der Waals surface area contributed by atoms with Crippen molar-refractivity contribution in [1.29, 1.82) is 0 Å². The largest absolute Gasteiger partial charge is 0.503 e. The van der Waals surface area contributed by atoms with Gasteiger partial charge in [-0.05, 0) is 43.7 Å². The van der Waals surface area contributed by atoms with Gasteiger partial charge in [-0.3, -0.25) is 14.5 Å². The number of aliphatic hydroxyl groups excluding tert-OH is 1. The van der Waals surface area contributed by atoms with Crippen LogP contribution < -0.4 is 4.90 Å². The number of furan rings is 2. The summed E-state index contributed by atoms with van der Waals surface area (Å²) in [4.78, 5) is 28.3. The number of Topliss-reactive ketones (excluding diaryl/α,β-unsaturated/α-hetero) is 1. The van der Waals surface area contributed by atoms with Crippen molar-refractivity contribution < 1.29 is 23.5 Å². The van der Waals surface area contributed by atoms with Gasteiger partial charge in [-0.2, -0.15) is 0 Å². The number of rotatable bonds is 7. The van der Waals surface area contributed by atoms with Crippen LogP contribution in [0.2, 0.25) is 0 Å². The molecule has 8 nitrogen and oxygen atoms in total. The van der Waals surface area contributed by atoms with Crippen LogP contribution in [0.25, 0.3) is 11.0 Å². The van der Waals surface area contributed by atoms with Gasteiger partial charge < -0.3 is 13.9 Å². The number of aliphatic hydroxyl groups is 1. The minimum atomic E-state index is -1.03. The first-order chi connectivity index (χ1) is 18.4. The second-order valence-corrected chi connectivity index (χ2v) is 11.1. The Balaban J connectivity index is 1.34. The van der Waals surface area contributed by atoms with Gasteiger partial charge in [-0.25, -0.2) is 0 Å². The first kappa shape index (κ1) is 24.2. The Bertz CT molecular complexity index is 1680. The van der Waals surface area contributed by atoms with Crippen LogP contribution in [-0.4, -0.2) is 27.0 Å². The van der Waals surface area contributed by atoms with Crippen LogP contribution in [0.15, 0.2) is 91.2 Å². The van der Waals surface area contributed by atoms with Crippen molar-refractivity contribution in [3.8, 4) is 0 Å². The van der Waals surface area contributed by atoms with Crippen molar-refractivity contribution in [2.45, 2.75) is 30.0 Å². The zero-order chi connectivity index (χ0) is 26.4. The summed E-state index contributed by atoms with van der Waals surface area (Å²) in [5.41, 5.74) is 2.72. The number of fused-ring (bicyclic) bond motifs is 1. The third-order valence-electron chi connectivity index (χ3n) is 6.22. The molecule has 1 amide bonds. The number of thioether (sulfide) groups is 1. The molecule has 1 aliphatic heterocycles. The molecule has 2 aromatic carbocycles. The first-order valence-electron chi connectivity index (χ1n) is 11.8. The highest BCUT2D eigenvalue weighted by atomic mass is 32.2.